The minimum absolute atomic E-state index is 0.598. The molecule has 0 aromatic heterocycles. The number of hydrogen-bond donors (Lipinski definition) is 1. The Balaban J connectivity index is 1.98. The Kier molecular flexibility index (Phi) is 5.47. The van der Waals surface area contributed by atoms with Crippen LogP contribution in [0.4, 0.5) is 0 Å². The molecule has 18 heavy (non-hydrogen) atoms. The van der Waals surface area contributed by atoms with Gasteiger partial charge in [-0.05, 0) is 81.6 Å². The third kappa shape index (κ3) is 4.53. The largest absolute Gasteiger partial charge is 0.460 e. The van der Waals surface area contributed by atoms with Crippen LogP contribution in [0.1, 0.15) is 0 Å². The van der Waals surface area contributed by atoms with E-state index in [1.165, 1.54) is 0 Å². The van der Waals surface area contributed by atoms with E-state index in [0.29, 0.717) is 11.5 Å². The molecule has 3 nitrogen and oxygen atoms in total. The highest BCUT2D eigenvalue weighted by atomic mass is 127. The monoisotopic (exact) mass is 486 g/mol. The fourth-order valence-electron chi connectivity index (χ4n) is 1.25. The van der Waals surface area contributed by atoms with Gasteiger partial charge in [0.2, 0.25) is 0 Å². The second-order valence-electron chi connectivity index (χ2n) is 3.34. The second-order valence-corrected chi connectivity index (χ2v) is 6.67. The summed E-state index contributed by atoms with van der Waals surface area (Å²) in [6, 6.07) is 14.9. The van der Waals surface area contributed by atoms with Gasteiger partial charge in [0.1, 0.15) is 11.5 Å². The molecule has 0 radical (unpaired) electrons. The molecule has 0 aliphatic heterocycles. The van der Waals surface area contributed by atoms with Crippen LogP contribution < -0.4 is 9.05 Å². The second kappa shape index (κ2) is 6.88. The summed E-state index contributed by atoms with van der Waals surface area (Å²) in [6.45, 7) is 0. The lowest BCUT2D eigenvalue weighted by Gasteiger charge is -2.12. The summed E-state index contributed by atoms with van der Waals surface area (Å²) in [5.74, 6) is 1.20. The van der Waals surface area contributed by atoms with Crippen molar-refractivity contribution in [1.82, 2.24) is 0 Å². The smallest absolute Gasteiger partial charge is 0.418 e. The van der Waals surface area contributed by atoms with Crippen molar-refractivity contribution in [3.8, 4) is 11.5 Å². The average molecular weight is 486 g/mol. The molecule has 2 aromatic carbocycles. The first-order valence-electron chi connectivity index (χ1n) is 4.99. The maximum absolute atomic E-state index is 9.75. The molecule has 1 N–H and O–H groups in total. The Morgan fingerprint density at radius 1 is 0.833 bits per heavy atom. The summed E-state index contributed by atoms with van der Waals surface area (Å²) in [6.07, 6.45) is 0. The summed E-state index contributed by atoms with van der Waals surface area (Å²) in [5.41, 5.74) is 0. The summed E-state index contributed by atoms with van der Waals surface area (Å²) in [4.78, 5) is 9.75. The van der Waals surface area contributed by atoms with Crippen molar-refractivity contribution >= 4 is 53.8 Å². The van der Waals surface area contributed by atoms with E-state index in [4.69, 9.17) is 9.05 Å². The van der Waals surface area contributed by atoms with Crippen LogP contribution in [-0.4, -0.2) is 4.89 Å². The van der Waals surface area contributed by atoms with Gasteiger partial charge in [-0.15, -0.1) is 0 Å². The lowest BCUT2D eigenvalue weighted by atomic mass is 10.3. The van der Waals surface area contributed by atoms with E-state index < -0.39 is 8.60 Å². The zero-order valence-electron chi connectivity index (χ0n) is 9.09. The van der Waals surface area contributed by atoms with Gasteiger partial charge < -0.3 is 13.9 Å². The van der Waals surface area contributed by atoms with Crippen LogP contribution in [0.3, 0.4) is 0 Å². The van der Waals surface area contributed by atoms with E-state index in [9.17, 15) is 4.89 Å². The summed E-state index contributed by atoms with van der Waals surface area (Å²) in [7, 11) is -1.96. The molecule has 0 atom stereocenters. The first-order valence-corrected chi connectivity index (χ1v) is 8.28. The van der Waals surface area contributed by atoms with E-state index in [1.54, 1.807) is 12.1 Å². The van der Waals surface area contributed by atoms with Crippen molar-refractivity contribution < 1.29 is 13.9 Å². The third-order valence-corrected chi connectivity index (χ3v) is 4.04. The van der Waals surface area contributed by atoms with Gasteiger partial charge in [-0.3, -0.25) is 0 Å². The van der Waals surface area contributed by atoms with Crippen LogP contribution in [0.15, 0.2) is 48.5 Å². The molecule has 0 fully saturated rings. The minimum atomic E-state index is -1.96. The van der Waals surface area contributed by atoms with Gasteiger partial charge in [0, 0.05) is 7.14 Å². The predicted octanol–water partition coefficient (Wildman–Crippen LogP) is 4.57. The van der Waals surface area contributed by atoms with Crippen LogP contribution >= 0.6 is 53.8 Å². The maximum atomic E-state index is 9.75. The highest BCUT2D eigenvalue weighted by molar-refractivity contribution is 14.1. The lowest BCUT2D eigenvalue weighted by Crippen LogP contribution is -1.94. The molecule has 6 heteroatoms. The Hall–Kier alpha value is -0.110. The molecule has 0 unspecified atom stereocenters. The van der Waals surface area contributed by atoms with Gasteiger partial charge in [-0.1, -0.05) is 12.1 Å². The van der Waals surface area contributed by atoms with Crippen LogP contribution in [-0.2, 0) is 0 Å². The molecule has 0 spiro atoms. The molecule has 0 saturated carbocycles. The Morgan fingerprint density at radius 3 is 1.67 bits per heavy atom. The van der Waals surface area contributed by atoms with Crippen LogP contribution in [0.2, 0.25) is 0 Å². The minimum Gasteiger partial charge on any atom is -0.418 e. The molecule has 2 rings (SSSR count). The topological polar surface area (TPSA) is 38.7 Å². The zero-order valence-corrected chi connectivity index (χ0v) is 14.3. The standard InChI is InChI=1S/C12H9I2O3P/c13-9-3-1-5-11(7-9)16-18(15)17-12-6-2-4-10(14)8-12/h1-8,15H. The molecule has 0 bridgehead atoms. The molecule has 0 heterocycles. The van der Waals surface area contributed by atoms with Crippen LogP contribution in [0, 0.1) is 7.14 Å². The number of rotatable bonds is 4. The van der Waals surface area contributed by atoms with Gasteiger partial charge in [0.15, 0.2) is 0 Å². The van der Waals surface area contributed by atoms with Crippen molar-refractivity contribution in [2.24, 2.45) is 0 Å². The highest BCUT2D eigenvalue weighted by Crippen LogP contribution is 2.36. The number of halogens is 2. The van der Waals surface area contributed by atoms with Gasteiger partial charge in [-0.2, -0.15) is 0 Å². The molecule has 0 aliphatic carbocycles. The molecule has 0 saturated heterocycles. The predicted molar refractivity (Wildman–Crippen MR) is 88.7 cm³/mol. The first-order chi connectivity index (χ1) is 8.63. The van der Waals surface area contributed by atoms with Crippen molar-refractivity contribution in [3.05, 3.63) is 55.7 Å². The molecule has 0 aliphatic rings. The number of benzene rings is 2. The number of hydrogen-bond acceptors (Lipinski definition) is 3. The Bertz CT molecular complexity index is 489. The SMILES string of the molecule is OP(Oc1cccc(I)c1)Oc1cccc(I)c1. The van der Waals surface area contributed by atoms with Crippen molar-refractivity contribution in [2.75, 3.05) is 0 Å². The van der Waals surface area contributed by atoms with Crippen molar-refractivity contribution in [1.29, 1.82) is 0 Å². The normalized spacial score (nSPS) is 10.4. The van der Waals surface area contributed by atoms with Gasteiger partial charge >= 0.3 is 8.60 Å². The summed E-state index contributed by atoms with van der Waals surface area (Å²) >= 11 is 4.37. The quantitative estimate of drug-likeness (QED) is 0.509. The van der Waals surface area contributed by atoms with E-state index in [-0.39, 0.29) is 0 Å². The molecule has 0 amide bonds. The van der Waals surface area contributed by atoms with E-state index in [2.05, 4.69) is 45.2 Å². The highest BCUT2D eigenvalue weighted by Gasteiger charge is 2.11. The van der Waals surface area contributed by atoms with Gasteiger partial charge in [-0.25, -0.2) is 0 Å². The van der Waals surface area contributed by atoms with E-state index in [1.807, 2.05) is 36.4 Å². The zero-order chi connectivity index (χ0) is 13.0. The third-order valence-electron chi connectivity index (χ3n) is 1.96. The maximum Gasteiger partial charge on any atom is 0.460 e. The van der Waals surface area contributed by atoms with Crippen LogP contribution in [0.25, 0.3) is 0 Å². The van der Waals surface area contributed by atoms with E-state index >= 15 is 0 Å². The van der Waals surface area contributed by atoms with Crippen LogP contribution in [0.5, 0.6) is 11.5 Å². The summed E-state index contributed by atoms with van der Waals surface area (Å²) < 4.78 is 12.7. The lowest BCUT2D eigenvalue weighted by molar-refractivity contribution is 0.381. The first kappa shape index (κ1) is 14.3. The average Bonchev–Trinajstić information content (AvgIpc) is 2.28. The molecular weight excluding hydrogens is 477 g/mol. The van der Waals surface area contributed by atoms with Crippen molar-refractivity contribution in [3.63, 3.8) is 0 Å². The van der Waals surface area contributed by atoms with Gasteiger partial charge in [0.25, 0.3) is 0 Å². The molecular formula is C12H9I2O3P. The fraction of sp³-hybridized carbons (Fsp3) is 0. The summed E-state index contributed by atoms with van der Waals surface area (Å²) in [5, 5.41) is 0. The fourth-order valence-corrected chi connectivity index (χ4v) is 2.90. The van der Waals surface area contributed by atoms with Gasteiger partial charge in [0.05, 0.1) is 0 Å². The molecule has 94 valence electrons. The van der Waals surface area contributed by atoms with E-state index in [0.717, 1.165) is 7.14 Å². The van der Waals surface area contributed by atoms with Crippen molar-refractivity contribution in [2.45, 2.75) is 0 Å². The molecule has 2 aromatic rings. The Morgan fingerprint density at radius 2 is 1.28 bits per heavy atom. The Labute approximate surface area is 134 Å².